The van der Waals surface area contributed by atoms with E-state index < -0.39 is 5.91 Å². The third kappa shape index (κ3) is 3.20. The number of nitrogens with zero attached hydrogens (tertiary/aromatic N) is 2. The molecular formula is C11H12N6O2S. The molecule has 8 nitrogen and oxygen atoms in total. The molecule has 0 aliphatic carbocycles. The Morgan fingerprint density at radius 3 is 2.65 bits per heavy atom. The number of amides is 1. The van der Waals surface area contributed by atoms with E-state index in [1.54, 1.807) is 30.3 Å². The second-order valence-corrected chi connectivity index (χ2v) is 4.25. The zero-order valence-corrected chi connectivity index (χ0v) is 11.1. The summed E-state index contributed by atoms with van der Waals surface area (Å²) >= 11 is 4.80. The number of Topliss-reactive ketones (excluding diaryl/α,β-unsaturated/α-hetero) is 1. The first kappa shape index (κ1) is 13.7. The number of anilines is 1. The fraction of sp³-hybridized carbons (Fsp3) is 0.0909. The van der Waals surface area contributed by atoms with Crippen LogP contribution in [0.1, 0.15) is 16.8 Å². The first-order valence-electron chi connectivity index (χ1n) is 5.63. The van der Waals surface area contributed by atoms with Crippen LogP contribution < -0.4 is 16.7 Å². The van der Waals surface area contributed by atoms with E-state index in [9.17, 15) is 9.59 Å². The van der Waals surface area contributed by atoms with Gasteiger partial charge in [-0.05, 0) is 12.2 Å². The van der Waals surface area contributed by atoms with Crippen molar-refractivity contribution in [2.45, 2.75) is 6.42 Å². The van der Waals surface area contributed by atoms with Gasteiger partial charge < -0.3 is 5.84 Å². The number of carbonyl (C=O) groups excluding carboxylic acids is 2. The molecule has 104 valence electrons. The lowest BCUT2D eigenvalue weighted by molar-refractivity contribution is -0.119. The molecule has 1 aromatic heterocycles. The SMILES string of the molecule is Nn1c(NNC(=O)CC(=O)c2ccccc2)n[nH]c1=S. The summed E-state index contributed by atoms with van der Waals surface area (Å²) in [7, 11) is 0. The number of nitrogen functional groups attached to an aromatic ring is 1. The van der Waals surface area contributed by atoms with Crippen molar-refractivity contribution in [1.29, 1.82) is 0 Å². The highest BCUT2D eigenvalue weighted by atomic mass is 32.1. The summed E-state index contributed by atoms with van der Waals surface area (Å²) in [6.07, 6.45) is -0.285. The number of aromatic nitrogens is 3. The molecule has 0 aliphatic rings. The number of carbonyl (C=O) groups is 2. The van der Waals surface area contributed by atoms with Gasteiger partial charge in [0.1, 0.15) is 0 Å². The lowest BCUT2D eigenvalue weighted by Gasteiger charge is -2.06. The number of nitrogens with one attached hydrogen (secondary N) is 3. The number of rotatable bonds is 5. The van der Waals surface area contributed by atoms with Crippen LogP contribution in [-0.2, 0) is 4.79 Å². The summed E-state index contributed by atoms with van der Waals surface area (Å²) in [6, 6.07) is 8.55. The number of hydrogen-bond acceptors (Lipinski definition) is 6. The number of aromatic amines is 1. The second kappa shape index (κ2) is 5.97. The molecule has 20 heavy (non-hydrogen) atoms. The van der Waals surface area contributed by atoms with Crippen LogP contribution in [0.3, 0.4) is 0 Å². The largest absolute Gasteiger partial charge is 0.334 e. The fourth-order valence-corrected chi connectivity index (χ4v) is 1.57. The maximum atomic E-state index is 11.8. The quantitative estimate of drug-likeness (QED) is 0.208. The third-order valence-electron chi connectivity index (χ3n) is 2.44. The van der Waals surface area contributed by atoms with Crippen molar-refractivity contribution in [2.24, 2.45) is 0 Å². The Morgan fingerprint density at radius 2 is 2.05 bits per heavy atom. The Balaban J connectivity index is 1.89. The van der Waals surface area contributed by atoms with Crippen LogP contribution in [0.4, 0.5) is 5.95 Å². The molecule has 1 amide bonds. The van der Waals surface area contributed by atoms with Gasteiger partial charge in [0.15, 0.2) is 5.78 Å². The molecule has 0 saturated heterocycles. The number of nitrogens with two attached hydrogens (primary N) is 1. The van der Waals surface area contributed by atoms with Crippen LogP contribution in [0.5, 0.6) is 0 Å². The van der Waals surface area contributed by atoms with Crippen LogP contribution in [0.2, 0.25) is 0 Å². The van der Waals surface area contributed by atoms with E-state index in [-0.39, 0.29) is 22.9 Å². The van der Waals surface area contributed by atoms with Crippen molar-refractivity contribution < 1.29 is 9.59 Å². The van der Waals surface area contributed by atoms with Crippen molar-refractivity contribution in [3.8, 4) is 0 Å². The molecule has 0 aliphatic heterocycles. The van der Waals surface area contributed by atoms with Crippen molar-refractivity contribution in [2.75, 3.05) is 11.3 Å². The van der Waals surface area contributed by atoms with Gasteiger partial charge in [-0.3, -0.25) is 20.4 Å². The van der Waals surface area contributed by atoms with Gasteiger partial charge in [0.2, 0.25) is 10.7 Å². The highest BCUT2D eigenvalue weighted by Crippen LogP contribution is 2.03. The molecule has 0 spiro atoms. The highest BCUT2D eigenvalue weighted by molar-refractivity contribution is 7.71. The molecule has 0 atom stereocenters. The van der Waals surface area contributed by atoms with Gasteiger partial charge >= 0.3 is 0 Å². The highest BCUT2D eigenvalue weighted by Gasteiger charge is 2.12. The predicted octanol–water partition coefficient (Wildman–Crippen LogP) is 0.371. The molecule has 0 fully saturated rings. The molecule has 5 N–H and O–H groups in total. The average molecular weight is 292 g/mol. The third-order valence-corrected chi connectivity index (χ3v) is 2.72. The maximum Gasteiger partial charge on any atom is 0.260 e. The Hall–Kier alpha value is -2.68. The van der Waals surface area contributed by atoms with Crippen LogP contribution in [-0.4, -0.2) is 26.6 Å². The minimum Gasteiger partial charge on any atom is -0.334 e. The number of benzene rings is 1. The van der Waals surface area contributed by atoms with Crippen molar-refractivity contribution in [3.63, 3.8) is 0 Å². The zero-order chi connectivity index (χ0) is 14.5. The van der Waals surface area contributed by atoms with Crippen LogP contribution >= 0.6 is 12.2 Å². The summed E-state index contributed by atoms with van der Waals surface area (Å²) in [4.78, 5) is 23.4. The van der Waals surface area contributed by atoms with E-state index in [0.29, 0.717) is 5.56 Å². The summed E-state index contributed by atoms with van der Waals surface area (Å²) < 4.78 is 1.25. The van der Waals surface area contributed by atoms with Gasteiger partial charge in [0.05, 0.1) is 6.42 Å². The van der Waals surface area contributed by atoms with Gasteiger partial charge in [-0.25, -0.2) is 5.10 Å². The van der Waals surface area contributed by atoms with Gasteiger partial charge in [-0.2, -0.15) is 4.68 Å². The lowest BCUT2D eigenvalue weighted by atomic mass is 10.1. The Morgan fingerprint density at radius 1 is 1.35 bits per heavy atom. The molecule has 2 aromatic rings. The number of ketones is 1. The summed E-state index contributed by atoms with van der Waals surface area (Å²) in [5.41, 5.74) is 5.26. The summed E-state index contributed by atoms with van der Waals surface area (Å²) in [5.74, 6) is 4.87. The Bertz CT molecular complexity index is 678. The molecular weight excluding hydrogens is 280 g/mol. The van der Waals surface area contributed by atoms with E-state index in [1.165, 1.54) is 0 Å². The molecule has 0 saturated carbocycles. The van der Waals surface area contributed by atoms with E-state index in [2.05, 4.69) is 21.0 Å². The van der Waals surface area contributed by atoms with E-state index in [4.69, 9.17) is 18.1 Å². The first-order valence-corrected chi connectivity index (χ1v) is 6.04. The van der Waals surface area contributed by atoms with Crippen LogP contribution in [0, 0.1) is 4.77 Å². The molecule has 1 aromatic carbocycles. The number of H-pyrrole nitrogens is 1. The van der Waals surface area contributed by atoms with E-state index in [1.807, 2.05) is 0 Å². The number of hydrazine groups is 1. The fourth-order valence-electron chi connectivity index (χ4n) is 1.43. The molecule has 1 heterocycles. The Labute approximate surface area is 118 Å². The summed E-state index contributed by atoms with van der Waals surface area (Å²) in [5, 5.41) is 6.17. The first-order chi connectivity index (χ1) is 9.58. The van der Waals surface area contributed by atoms with Gasteiger partial charge in [-0.1, -0.05) is 30.3 Å². The number of hydrogen-bond donors (Lipinski definition) is 4. The van der Waals surface area contributed by atoms with Crippen LogP contribution in [0.25, 0.3) is 0 Å². The zero-order valence-electron chi connectivity index (χ0n) is 10.3. The second-order valence-electron chi connectivity index (χ2n) is 3.86. The van der Waals surface area contributed by atoms with Gasteiger partial charge in [-0.15, -0.1) is 5.10 Å². The molecule has 0 unspecified atom stereocenters. The lowest BCUT2D eigenvalue weighted by Crippen LogP contribution is -2.33. The minimum absolute atomic E-state index is 0.135. The smallest absolute Gasteiger partial charge is 0.260 e. The van der Waals surface area contributed by atoms with E-state index >= 15 is 0 Å². The average Bonchev–Trinajstić information content (AvgIpc) is 2.77. The predicted molar refractivity (Wildman–Crippen MR) is 74.7 cm³/mol. The molecule has 0 radical (unpaired) electrons. The standard InChI is InChI=1S/C11H12N6O2S/c12-17-10(15-16-11(17)20)14-13-9(19)6-8(18)7-4-2-1-3-5-7/h1-5H,6,12H2,(H,13,19)(H,14,15)(H,16,20). The van der Waals surface area contributed by atoms with Gasteiger partial charge in [0.25, 0.3) is 5.95 Å². The molecule has 9 heteroatoms. The monoisotopic (exact) mass is 292 g/mol. The summed E-state index contributed by atoms with van der Waals surface area (Å²) in [6.45, 7) is 0. The maximum absolute atomic E-state index is 11.8. The van der Waals surface area contributed by atoms with Gasteiger partial charge in [0, 0.05) is 5.56 Å². The Kier molecular flexibility index (Phi) is 4.11. The molecule has 2 rings (SSSR count). The van der Waals surface area contributed by atoms with E-state index in [0.717, 1.165) is 4.68 Å². The van der Waals surface area contributed by atoms with Crippen molar-refractivity contribution in [1.82, 2.24) is 20.3 Å². The molecule has 0 bridgehead atoms. The van der Waals surface area contributed by atoms with Crippen molar-refractivity contribution >= 4 is 29.9 Å². The normalized spacial score (nSPS) is 10.0. The van der Waals surface area contributed by atoms with Crippen molar-refractivity contribution in [3.05, 3.63) is 40.7 Å². The minimum atomic E-state index is -0.507. The topological polar surface area (TPSA) is 118 Å². The van der Waals surface area contributed by atoms with Crippen LogP contribution in [0.15, 0.2) is 30.3 Å².